The van der Waals surface area contributed by atoms with Crippen molar-refractivity contribution >= 4 is 17.3 Å². The highest BCUT2D eigenvalue weighted by Gasteiger charge is 2.24. The van der Waals surface area contributed by atoms with Crippen LogP contribution in [0.15, 0.2) is 12.1 Å². The minimum atomic E-state index is 0.556. The molecule has 0 amide bonds. The number of anilines is 2. The average molecular weight is 402 g/mol. The van der Waals surface area contributed by atoms with Gasteiger partial charge in [0.05, 0.1) is 6.61 Å². The zero-order valence-corrected chi connectivity index (χ0v) is 18.4. The van der Waals surface area contributed by atoms with E-state index >= 15 is 0 Å². The van der Waals surface area contributed by atoms with Crippen LogP contribution in [0.5, 0.6) is 0 Å². The Morgan fingerprint density at radius 1 is 1.14 bits per heavy atom. The molecule has 0 aliphatic carbocycles. The van der Waals surface area contributed by atoms with Gasteiger partial charge in [-0.05, 0) is 63.7 Å². The van der Waals surface area contributed by atoms with Gasteiger partial charge in [-0.1, -0.05) is 19.3 Å². The number of pyridine rings is 1. The quantitative estimate of drug-likeness (QED) is 0.609. The molecular formula is C23H39N5O. The van der Waals surface area contributed by atoms with Gasteiger partial charge in [-0.3, -0.25) is 4.90 Å². The number of methoxy groups -OCH3 is 1. The van der Waals surface area contributed by atoms with Crippen LogP contribution in [0.4, 0.5) is 11.6 Å². The van der Waals surface area contributed by atoms with Crippen LogP contribution in [0.2, 0.25) is 0 Å². The summed E-state index contributed by atoms with van der Waals surface area (Å²) in [6.45, 7) is 5.21. The maximum atomic E-state index is 8.62. The van der Waals surface area contributed by atoms with Crippen LogP contribution in [0, 0.1) is 5.41 Å². The first-order valence-electron chi connectivity index (χ1n) is 11.5. The van der Waals surface area contributed by atoms with E-state index in [-0.39, 0.29) is 0 Å². The third kappa shape index (κ3) is 6.16. The Morgan fingerprint density at radius 3 is 2.62 bits per heavy atom. The molecule has 6 nitrogen and oxygen atoms in total. The van der Waals surface area contributed by atoms with Gasteiger partial charge in [0.1, 0.15) is 11.6 Å². The summed E-state index contributed by atoms with van der Waals surface area (Å²) in [7, 11) is 3.70. The van der Waals surface area contributed by atoms with Crippen molar-refractivity contribution in [1.29, 1.82) is 5.41 Å². The van der Waals surface area contributed by atoms with Crippen molar-refractivity contribution in [3.8, 4) is 0 Å². The van der Waals surface area contributed by atoms with Crippen LogP contribution >= 0.6 is 0 Å². The van der Waals surface area contributed by atoms with E-state index in [0.717, 1.165) is 62.8 Å². The molecule has 1 unspecified atom stereocenters. The molecule has 162 valence electrons. The van der Waals surface area contributed by atoms with Gasteiger partial charge in [-0.2, -0.15) is 0 Å². The second-order valence-electron chi connectivity index (χ2n) is 8.44. The third-order valence-electron chi connectivity index (χ3n) is 6.35. The molecule has 0 spiro atoms. The van der Waals surface area contributed by atoms with E-state index < -0.39 is 0 Å². The van der Waals surface area contributed by atoms with Gasteiger partial charge in [0, 0.05) is 44.6 Å². The first-order valence-corrected chi connectivity index (χ1v) is 11.5. The van der Waals surface area contributed by atoms with Gasteiger partial charge in [0.2, 0.25) is 0 Å². The Labute approximate surface area is 176 Å². The van der Waals surface area contributed by atoms with E-state index in [1.165, 1.54) is 44.9 Å². The second-order valence-corrected chi connectivity index (χ2v) is 8.44. The fraction of sp³-hybridized carbons (Fsp3) is 0.739. The fourth-order valence-corrected chi connectivity index (χ4v) is 4.70. The minimum absolute atomic E-state index is 0.556. The lowest BCUT2D eigenvalue weighted by Crippen LogP contribution is -2.33. The van der Waals surface area contributed by atoms with Crippen molar-refractivity contribution in [3.63, 3.8) is 0 Å². The summed E-state index contributed by atoms with van der Waals surface area (Å²) in [6.07, 6.45) is 10.8. The summed E-state index contributed by atoms with van der Waals surface area (Å²) >= 11 is 0. The summed E-state index contributed by atoms with van der Waals surface area (Å²) in [5, 5.41) is 11.9. The van der Waals surface area contributed by atoms with Gasteiger partial charge in [-0.25, -0.2) is 4.98 Å². The lowest BCUT2D eigenvalue weighted by atomic mass is 10.1. The molecule has 1 atom stereocenters. The lowest BCUT2D eigenvalue weighted by Gasteiger charge is -2.26. The van der Waals surface area contributed by atoms with Crippen molar-refractivity contribution in [2.75, 3.05) is 57.2 Å². The van der Waals surface area contributed by atoms with Gasteiger partial charge in [0.25, 0.3) is 0 Å². The highest BCUT2D eigenvalue weighted by molar-refractivity contribution is 6.02. The minimum Gasteiger partial charge on any atom is -0.383 e. The first-order chi connectivity index (χ1) is 14.2. The predicted octanol–water partition coefficient (Wildman–Crippen LogP) is 4.15. The Hall–Kier alpha value is -1.66. The maximum absolute atomic E-state index is 8.62. The summed E-state index contributed by atoms with van der Waals surface area (Å²) in [5.74, 6) is 1.89. The molecule has 0 radical (unpaired) electrons. The van der Waals surface area contributed by atoms with E-state index in [0.29, 0.717) is 11.8 Å². The number of nitrogens with one attached hydrogen (secondary N) is 2. The molecule has 1 aromatic rings. The Kier molecular flexibility index (Phi) is 8.74. The SMILES string of the molecule is CNc1nc(N2CCCCCCC2)ccc1C(=N)CCCN1CCCC1COC. The van der Waals surface area contributed by atoms with Crippen LogP contribution in [0.25, 0.3) is 0 Å². The number of likely N-dealkylation sites (tertiary alicyclic amines) is 1. The summed E-state index contributed by atoms with van der Waals surface area (Å²) < 4.78 is 5.35. The van der Waals surface area contributed by atoms with Crippen molar-refractivity contribution in [2.45, 2.75) is 63.8 Å². The lowest BCUT2D eigenvalue weighted by molar-refractivity contribution is 0.115. The predicted molar refractivity (Wildman–Crippen MR) is 122 cm³/mol. The summed E-state index contributed by atoms with van der Waals surface area (Å²) in [4.78, 5) is 9.82. The van der Waals surface area contributed by atoms with Gasteiger partial charge in [0.15, 0.2) is 0 Å². The van der Waals surface area contributed by atoms with Crippen molar-refractivity contribution in [3.05, 3.63) is 17.7 Å². The molecule has 0 aromatic carbocycles. The van der Waals surface area contributed by atoms with Crippen LogP contribution < -0.4 is 10.2 Å². The highest BCUT2D eigenvalue weighted by atomic mass is 16.5. The molecule has 3 heterocycles. The van der Waals surface area contributed by atoms with E-state index in [4.69, 9.17) is 15.1 Å². The summed E-state index contributed by atoms with van der Waals surface area (Å²) in [5.41, 5.74) is 1.63. The van der Waals surface area contributed by atoms with Crippen LogP contribution in [-0.2, 0) is 4.74 Å². The number of nitrogens with zero attached hydrogens (tertiary/aromatic N) is 3. The molecule has 2 fully saturated rings. The smallest absolute Gasteiger partial charge is 0.137 e. The van der Waals surface area contributed by atoms with Crippen molar-refractivity contribution in [2.24, 2.45) is 0 Å². The zero-order valence-electron chi connectivity index (χ0n) is 18.4. The zero-order chi connectivity index (χ0) is 20.5. The molecule has 2 saturated heterocycles. The highest BCUT2D eigenvalue weighted by Crippen LogP contribution is 2.24. The molecule has 2 N–H and O–H groups in total. The number of hydrogen-bond acceptors (Lipinski definition) is 6. The molecule has 2 aliphatic heterocycles. The molecule has 6 heteroatoms. The topological polar surface area (TPSA) is 64.5 Å². The van der Waals surface area contributed by atoms with E-state index in [2.05, 4.69) is 27.2 Å². The molecule has 2 aliphatic rings. The van der Waals surface area contributed by atoms with E-state index in [1.54, 1.807) is 7.11 Å². The molecule has 0 saturated carbocycles. The molecule has 3 rings (SSSR count). The number of rotatable bonds is 9. The molecule has 0 bridgehead atoms. The van der Waals surface area contributed by atoms with Gasteiger partial charge in [-0.15, -0.1) is 0 Å². The largest absolute Gasteiger partial charge is 0.383 e. The van der Waals surface area contributed by atoms with Crippen LogP contribution in [0.3, 0.4) is 0 Å². The van der Waals surface area contributed by atoms with Gasteiger partial charge >= 0.3 is 0 Å². The molecule has 1 aromatic heterocycles. The number of hydrogen-bond donors (Lipinski definition) is 2. The number of ether oxygens (including phenoxy) is 1. The third-order valence-corrected chi connectivity index (χ3v) is 6.35. The van der Waals surface area contributed by atoms with Crippen LogP contribution in [0.1, 0.15) is 63.4 Å². The molecular weight excluding hydrogens is 362 g/mol. The normalized spacial score (nSPS) is 21.0. The molecule has 29 heavy (non-hydrogen) atoms. The van der Waals surface area contributed by atoms with E-state index in [9.17, 15) is 0 Å². The number of aromatic nitrogens is 1. The Balaban J connectivity index is 1.57. The van der Waals surface area contributed by atoms with Crippen molar-refractivity contribution in [1.82, 2.24) is 9.88 Å². The monoisotopic (exact) mass is 401 g/mol. The Bertz CT molecular complexity index is 642. The maximum Gasteiger partial charge on any atom is 0.137 e. The van der Waals surface area contributed by atoms with E-state index in [1.807, 2.05) is 7.05 Å². The average Bonchev–Trinajstić information content (AvgIpc) is 3.14. The fourth-order valence-electron chi connectivity index (χ4n) is 4.70. The van der Waals surface area contributed by atoms with Crippen LogP contribution in [-0.4, -0.2) is 68.6 Å². The first kappa shape index (κ1) is 22.0. The summed E-state index contributed by atoms with van der Waals surface area (Å²) in [6, 6.07) is 4.76. The standard InChI is InChI=1S/C23H39N5O/c1-25-23-20(12-13-22(26-23)28-14-6-4-3-5-7-15-28)21(24)11-9-17-27-16-8-10-19(27)18-29-2/h12-13,19,24H,3-11,14-18H2,1-2H3,(H,25,26). The van der Waals surface area contributed by atoms with Gasteiger partial charge < -0.3 is 20.4 Å². The Morgan fingerprint density at radius 2 is 1.90 bits per heavy atom. The van der Waals surface area contributed by atoms with Crippen molar-refractivity contribution < 1.29 is 4.74 Å². The second kappa shape index (κ2) is 11.5.